The summed E-state index contributed by atoms with van der Waals surface area (Å²) in [6, 6.07) is 9.81. The summed E-state index contributed by atoms with van der Waals surface area (Å²) in [7, 11) is 0. The third kappa shape index (κ3) is 3.61. The molecule has 0 bridgehead atoms. The number of nitrogens with two attached hydrogens (primary N) is 1. The fourth-order valence-corrected chi connectivity index (χ4v) is 1.12. The van der Waals surface area contributed by atoms with Crippen LogP contribution in [0.1, 0.15) is 19.4 Å². The summed E-state index contributed by atoms with van der Waals surface area (Å²) < 4.78 is 5.46. The van der Waals surface area contributed by atoms with Gasteiger partial charge in [-0.15, -0.1) is 0 Å². The minimum Gasteiger partial charge on any atom is -0.491 e. The van der Waals surface area contributed by atoms with Crippen molar-refractivity contribution in [3.63, 3.8) is 0 Å². The van der Waals surface area contributed by atoms with E-state index in [9.17, 15) is 0 Å². The molecule has 0 aliphatic rings. The zero-order valence-electron chi connectivity index (χ0n) is 9.16. The molecule has 15 heavy (non-hydrogen) atoms. The fraction of sp³-hybridized carbons (Fsp3) is 0.417. The van der Waals surface area contributed by atoms with Crippen molar-refractivity contribution >= 4 is 0 Å². The molecule has 3 nitrogen and oxygen atoms in total. The van der Waals surface area contributed by atoms with E-state index in [-0.39, 0.29) is 6.61 Å². The number of hydrogen-bond acceptors (Lipinski definition) is 3. The van der Waals surface area contributed by atoms with E-state index in [4.69, 9.17) is 15.7 Å². The Balaban J connectivity index is 2.62. The highest BCUT2D eigenvalue weighted by molar-refractivity contribution is 5.28. The lowest BCUT2D eigenvalue weighted by atomic mass is 10.1. The van der Waals surface area contributed by atoms with Gasteiger partial charge >= 0.3 is 0 Å². The SMILES string of the molecule is CCc1cccc(OCC(C)(N)C#N)c1. The second-order valence-corrected chi connectivity index (χ2v) is 3.82. The van der Waals surface area contributed by atoms with E-state index in [2.05, 4.69) is 6.92 Å². The minimum absolute atomic E-state index is 0.205. The van der Waals surface area contributed by atoms with Crippen LogP contribution in [0.4, 0.5) is 0 Å². The van der Waals surface area contributed by atoms with Crippen LogP contribution in [0, 0.1) is 11.3 Å². The molecule has 0 saturated carbocycles. The molecule has 1 atom stereocenters. The summed E-state index contributed by atoms with van der Waals surface area (Å²) in [6.07, 6.45) is 0.968. The molecule has 1 rings (SSSR count). The lowest BCUT2D eigenvalue weighted by Crippen LogP contribution is -2.40. The quantitative estimate of drug-likeness (QED) is 0.814. The maximum Gasteiger partial charge on any atom is 0.135 e. The highest BCUT2D eigenvalue weighted by Crippen LogP contribution is 2.14. The normalized spacial score (nSPS) is 14.0. The van der Waals surface area contributed by atoms with Gasteiger partial charge in [0.05, 0.1) is 6.07 Å². The number of nitrogens with zero attached hydrogens (tertiary/aromatic N) is 1. The van der Waals surface area contributed by atoms with Crippen molar-refractivity contribution in [2.75, 3.05) is 6.61 Å². The summed E-state index contributed by atoms with van der Waals surface area (Å²) in [4.78, 5) is 0. The number of nitriles is 1. The summed E-state index contributed by atoms with van der Waals surface area (Å²) >= 11 is 0. The molecular formula is C12H16N2O. The Hall–Kier alpha value is -1.53. The Kier molecular flexibility index (Phi) is 3.70. The average Bonchev–Trinajstić information content (AvgIpc) is 2.27. The average molecular weight is 204 g/mol. The van der Waals surface area contributed by atoms with Gasteiger partial charge in [-0.2, -0.15) is 5.26 Å². The van der Waals surface area contributed by atoms with Crippen molar-refractivity contribution in [3.05, 3.63) is 29.8 Å². The number of benzene rings is 1. The van der Waals surface area contributed by atoms with Crippen LogP contribution in [0.5, 0.6) is 5.75 Å². The van der Waals surface area contributed by atoms with Gasteiger partial charge in [-0.05, 0) is 31.0 Å². The Bertz CT molecular complexity index is 366. The standard InChI is InChI=1S/C12H16N2O/c1-3-10-5-4-6-11(7-10)15-9-12(2,14)8-13/h4-7H,3,9,14H2,1-2H3. The second kappa shape index (κ2) is 4.81. The molecule has 0 amide bonds. The molecule has 0 aliphatic heterocycles. The van der Waals surface area contributed by atoms with Gasteiger partial charge in [0.15, 0.2) is 0 Å². The van der Waals surface area contributed by atoms with E-state index < -0.39 is 5.54 Å². The molecule has 0 saturated heterocycles. The topological polar surface area (TPSA) is 59.0 Å². The molecule has 0 radical (unpaired) electrons. The predicted octanol–water partition coefficient (Wildman–Crippen LogP) is 1.87. The summed E-state index contributed by atoms with van der Waals surface area (Å²) in [5, 5.41) is 8.72. The number of aryl methyl sites for hydroxylation is 1. The molecule has 1 aromatic rings. The molecule has 1 aromatic carbocycles. The van der Waals surface area contributed by atoms with Crippen LogP contribution in [0.25, 0.3) is 0 Å². The Morgan fingerprint density at radius 2 is 2.27 bits per heavy atom. The first kappa shape index (κ1) is 11.5. The third-order valence-corrected chi connectivity index (χ3v) is 2.10. The van der Waals surface area contributed by atoms with Gasteiger partial charge in [0.1, 0.15) is 17.9 Å². The van der Waals surface area contributed by atoms with Gasteiger partial charge in [-0.3, -0.25) is 0 Å². The smallest absolute Gasteiger partial charge is 0.135 e. The lowest BCUT2D eigenvalue weighted by Gasteiger charge is -2.16. The second-order valence-electron chi connectivity index (χ2n) is 3.82. The van der Waals surface area contributed by atoms with Gasteiger partial charge < -0.3 is 10.5 Å². The molecule has 80 valence electrons. The molecule has 0 heterocycles. The maximum atomic E-state index is 8.72. The van der Waals surface area contributed by atoms with Crippen LogP contribution in [0.2, 0.25) is 0 Å². The predicted molar refractivity (Wildman–Crippen MR) is 59.5 cm³/mol. The number of hydrogen-bond donors (Lipinski definition) is 1. The van der Waals surface area contributed by atoms with Crippen molar-refractivity contribution < 1.29 is 4.74 Å². The van der Waals surface area contributed by atoms with Gasteiger partial charge in [-0.1, -0.05) is 19.1 Å². The molecule has 2 N–H and O–H groups in total. The van der Waals surface area contributed by atoms with E-state index in [1.807, 2.05) is 30.3 Å². The Labute approximate surface area is 90.5 Å². The zero-order chi connectivity index (χ0) is 11.3. The Morgan fingerprint density at radius 3 is 2.87 bits per heavy atom. The van der Waals surface area contributed by atoms with Crippen molar-refractivity contribution in [1.82, 2.24) is 0 Å². The summed E-state index contributed by atoms with van der Waals surface area (Å²) in [5.74, 6) is 0.765. The molecule has 3 heteroatoms. The number of rotatable bonds is 4. The largest absolute Gasteiger partial charge is 0.491 e. The Morgan fingerprint density at radius 1 is 1.53 bits per heavy atom. The summed E-state index contributed by atoms with van der Waals surface area (Å²) in [6.45, 7) is 3.94. The fourth-order valence-electron chi connectivity index (χ4n) is 1.12. The van der Waals surface area contributed by atoms with Crippen molar-refractivity contribution in [2.24, 2.45) is 5.73 Å². The minimum atomic E-state index is -0.928. The van der Waals surface area contributed by atoms with Crippen molar-refractivity contribution in [1.29, 1.82) is 5.26 Å². The van der Waals surface area contributed by atoms with Crippen LogP contribution < -0.4 is 10.5 Å². The number of ether oxygens (including phenoxy) is 1. The van der Waals surface area contributed by atoms with E-state index in [1.54, 1.807) is 6.92 Å². The zero-order valence-corrected chi connectivity index (χ0v) is 9.16. The first-order valence-corrected chi connectivity index (χ1v) is 4.99. The van der Waals surface area contributed by atoms with Gasteiger partial charge in [-0.25, -0.2) is 0 Å². The van der Waals surface area contributed by atoms with Crippen LogP contribution in [-0.2, 0) is 6.42 Å². The maximum absolute atomic E-state index is 8.72. The van der Waals surface area contributed by atoms with Gasteiger partial charge in [0, 0.05) is 0 Å². The monoisotopic (exact) mass is 204 g/mol. The van der Waals surface area contributed by atoms with Crippen molar-refractivity contribution in [3.8, 4) is 11.8 Å². The summed E-state index contributed by atoms with van der Waals surface area (Å²) in [5.41, 5.74) is 5.93. The van der Waals surface area contributed by atoms with E-state index in [1.165, 1.54) is 5.56 Å². The van der Waals surface area contributed by atoms with Crippen LogP contribution in [0.3, 0.4) is 0 Å². The van der Waals surface area contributed by atoms with E-state index in [0.29, 0.717) is 0 Å². The van der Waals surface area contributed by atoms with Crippen LogP contribution in [-0.4, -0.2) is 12.1 Å². The molecule has 0 aliphatic carbocycles. The molecule has 0 fully saturated rings. The van der Waals surface area contributed by atoms with Gasteiger partial charge in [0.2, 0.25) is 0 Å². The van der Waals surface area contributed by atoms with Crippen molar-refractivity contribution in [2.45, 2.75) is 25.8 Å². The molecule has 0 aromatic heterocycles. The first-order chi connectivity index (χ1) is 7.07. The highest BCUT2D eigenvalue weighted by Gasteiger charge is 2.17. The highest BCUT2D eigenvalue weighted by atomic mass is 16.5. The van der Waals surface area contributed by atoms with Crippen LogP contribution >= 0.6 is 0 Å². The van der Waals surface area contributed by atoms with E-state index >= 15 is 0 Å². The molecule has 1 unspecified atom stereocenters. The van der Waals surface area contributed by atoms with Crippen LogP contribution in [0.15, 0.2) is 24.3 Å². The first-order valence-electron chi connectivity index (χ1n) is 4.99. The third-order valence-electron chi connectivity index (χ3n) is 2.10. The molecular weight excluding hydrogens is 188 g/mol. The molecule has 0 spiro atoms. The lowest BCUT2D eigenvalue weighted by molar-refractivity contribution is 0.264. The van der Waals surface area contributed by atoms with E-state index in [0.717, 1.165) is 12.2 Å². The van der Waals surface area contributed by atoms with Gasteiger partial charge in [0.25, 0.3) is 0 Å².